The first-order valence-electron chi connectivity index (χ1n) is 5.86. The van der Waals surface area contributed by atoms with Gasteiger partial charge in [-0.15, -0.1) is 0 Å². The van der Waals surface area contributed by atoms with Crippen LogP contribution in [0.1, 0.15) is 12.6 Å². The van der Waals surface area contributed by atoms with Crippen LogP contribution < -0.4 is 9.47 Å². The smallest absolute Gasteiger partial charge is 0.317 e. The molecular weight excluding hydrogens is 228 g/mol. The Morgan fingerprint density at radius 3 is 2.72 bits per heavy atom. The fourth-order valence-corrected chi connectivity index (χ4v) is 1.83. The van der Waals surface area contributed by atoms with Gasteiger partial charge < -0.3 is 9.47 Å². The summed E-state index contributed by atoms with van der Waals surface area (Å²) in [6.07, 6.45) is 4.05. The van der Waals surface area contributed by atoms with Crippen molar-refractivity contribution in [2.75, 3.05) is 13.7 Å². The summed E-state index contributed by atoms with van der Waals surface area (Å²) in [7, 11) is 1.65. The zero-order valence-corrected chi connectivity index (χ0v) is 10.3. The molecule has 3 rings (SSSR count). The third-order valence-corrected chi connectivity index (χ3v) is 2.76. The maximum atomic E-state index is 5.39. The molecule has 2 aromatic rings. The fraction of sp³-hybridized carbons (Fsp3) is 0.214. The molecule has 1 radical (unpaired) electrons. The number of ether oxygens (including phenoxy) is 2. The van der Waals surface area contributed by atoms with Gasteiger partial charge in [-0.05, 0) is 30.7 Å². The molecule has 1 aliphatic carbocycles. The van der Waals surface area contributed by atoms with Crippen LogP contribution in [0.5, 0.6) is 11.8 Å². The number of allylic oxidation sites excluding steroid dienone is 2. The topological polar surface area (TPSA) is 44.2 Å². The highest BCUT2D eigenvalue weighted by atomic mass is 16.5. The average Bonchev–Trinajstić information content (AvgIpc) is 3.22. The zero-order chi connectivity index (χ0) is 12.5. The highest BCUT2D eigenvalue weighted by molar-refractivity contribution is 5.98. The van der Waals surface area contributed by atoms with Crippen molar-refractivity contribution in [1.29, 1.82) is 0 Å². The second-order valence-electron chi connectivity index (χ2n) is 3.96. The zero-order valence-electron chi connectivity index (χ0n) is 10.3. The fourth-order valence-electron chi connectivity index (χ4n) is 1.83. The van der Waals surface area contributed by atoms with E-state index in [1.165, 1.54) is 0 Å². The molecule has 1 aliphatic rings. The third kappa shape index (κ3) is 1.90. The molecule has 0 atom stereocenters. The van der Waals surface area contributed by atoms with Gasteiger partial charge in [0, 0.05) is 11.8 Å². The van der Waals surface area contributed by atoms with Crippen LogP contribution in [0, 0.1) is 6.42 Å². The van der Waals surface area contributed by atoms with Crippen LogP contribution in [0.2, 0.25) is 0 Å². The van der Waals surface area contributed by atoms with Gasteiger partial charge >= 0.3 is 6.01 Å². The highest BCUT2D eigenvalue weighted by Crippen LogP contribution is 2.35. The van der Waals surface area contributed by atoms with E-state index in [9.17, 15) is 0 Å². The predicted molar refractivity (Wildman–Crippen MR) is 69.5 cm³/mol. The van der Waals surface area contributed by atoms with Gasteiger partial charge in [0.25, 0.3) is 0 Å². The van der Waals surface area contributed by atoms with Crippen molar-refractivity contribution in [3.63, 3.8) is 0 Å². The normalized spacial score (nSPS) is 13.3. The molecule has 0 aliphatic heterocycles. The van der Waals surface area contributed by atoms with E-state index in [1.54, 1.807) is 7.11 Å². The van der Waals surface area contributed by atoms with E-state index < -0.39 is 0 Å². The monoisotopic (exact) mass is 241 g/mol. The summed E-state index contributed by atoms with van der Waals surface area (Å²) >= 11 is 0. The number of aromatic nitrogens is 2. The Kier molecular flexibility index (Phi) is 2.63. The first-order valence-corrected chi connectivity index (χ1v) is 5.86. The molecule has 91 valence electrons. The van der Waals surface area contributed by atoms with Crippen LogP contribution in [-0.4, -0.2) is 23.7 Å². The Balaban J connectivity index is 2.20. The van der Waals surface area contributed by atoms with E-state index in [4.69, 9.17) is 9.47 Å². The first kappa shape index (κ1) is 11.0. The van der Waals surface area contributed by atoms with E-state index in [2.05, 4.69) is 9.97 Å². The van der Waals surface area contributed by atoms with Crippen molar-refractivity contribution in [2.45, 2.75) is 6.92 Å². The van der Waals surface area contributed by atoms with E-state index >= 15 is 0 Å². The van der Waals surface area contributed by atoms with Crippen LogP contribution >= 0.6 is 0 Å². The standard InChI is InChI=1S/C14H13N2O2/c1-3-18-14-15-12-7-6-10(17-2)8-11(12)13(16-14)9-4-5-9/h4-8H,3H2,1-2H3. The average molecular weight is 241 g/mol. The van der Waals surface area contributed by atoms with Gasteiger partial charge in [0.1, 0.15) is 5.75 Å². The van der Waals surface area contributed by atoms with Crippen LogP contribution in [0.25, 0.3) is 16.5 Å². The first-order chi connectivity index (χ1) is 8.81. The molecule has 0 spiro atoms. The molecule has 1 aromatic carbocycles. The van der Waals surface area contributed by atoms with Crippen molar-refractivity contribution < 1.29 is 9.47 Å². The molecule has 0 saturated carbocycles. The van der Waals surface area contributed by atoms with Crippen molar-refractivity contribution in [1.82, 2.24) is 9.97 Å². The number of benzene rings is 1. The molecule has 1 heterocycles. The molecule has 0 saturated heterocycles. The lowest BCUT2D eigenvalue weighted by Crippen LogP contribution is -2.00. The Morgan fingerprint density at radius 2 is 2.06 bits per heavy atom. The molecule has 0 bridgehead atoms. The second kappa shape index (κ2) is 4.29. The molecule has 0 fully saturated rings. The number of methoxy groups -OCH3 is 1. The van der Waals surface area contributed by atoms with Gasteiger partial charge in [-0.3, -0.25) is 0 Å². The van der Waals surface area contributed by atoms with Gasteiger partial charge in [-0.1, -0.05) is 6.08 Å². The van der Waals surface area contributed by atoms with Gasteiger partial charge in [0.15, 0.2) is 0 Å². The summed E-state index contributed by atoms with van der Waals surface area (Å²) in [5.74, 6) is 0.803. The highest BCUT2D eigenvalue weighted by Gasteiger charge is 2.18. The van der Waals surface area contributed by atoms with Crippen LogP contribution in [-0.2, 0) is 0 Å². The van der Waals surface area contributed by atoms with E-state index in [0.29, 0.717) is 12.6 Å². The summed E-state index contributed by atoms with van der Waals surface area (Å²) in [6.45, 7) is 2.48. The predicted octanol–water partition coefficient (Wildman–Crippen LogP) is 2.64. The summed E-state index contributed by atoms with van der Waals surface area (Å²) in [5, 5.41) is 0.984. The van der Waals surface area contributed by atoms with Gasteiger partial charge in [0.2, 0.25) is 0 Å². The summed E-state index contributed by atoms with van der Waals surface area (Å²) < 4.78 is 10.6. The lowest BCUT2D eigenvalue weighted by molar-refractivity contribution is 0.313. The Labute approximate surface area is 105 Å². The quantitative estimate of drug-likeness (QED) is 0.825. The molecule has 0 N–H and O–H groups in total. The molecule has 18 heavy (non-hydrogen) atoms. The minimum Gasteiger partial charge on any atom is -0.497 e. The lowest BCUT2D eigenvalue weighted by atomic mass is 10.1. The Bertz CT molecular complexity index is 635. The molecule has 0 unspecified atom stereocenters. The van der Waals surface area contributed by atoms with Crippen molar-refractivity contribution in [2.24, 2.45) is 0 Å². The molecule has 1 aromatic heterocycles. The van der Waals surface area contributed by atoms with Gasteiger partial charge in [-0.25, -0.2) is 0 Å². The van der Waals surface area contributed by atoms with Crippen molar-refractivity contribution >= 4 is 16.5 Å². The van der Waals surface area contributed by atoms with Gasteiger partial charge in [0.05, 0.1) is 24.9 Å². The molecule has 4 heteroatoms. The molecular formula is C14H13N2O2. The minimum absolute atomic E-state index is 0.423. The van der Waals surface area contributed by atoms with E-state index in [-0.39, 0.29) is 0 Å². The number of hydrogen-bond acceptors (Lipinski definition) is 4. The van der Waals surface area contributed by atoms with Crippen molar-refractivity contribution in [3.05, 3.63) is 36.4 Å². The van der Waals surface area contributed by atoms with Crippen LogP contribution in [0.15, 0.2) is 24.3 Å². The van der Waals surface area contributed by atoms with E-state index in [0.717, 1.165) is 27.9 Å². The van der Waals surface area contributed by atoms with Crippen molar-refractivity contribution in [3.8, 4) is 11.8 Å². The molecule has 4 nitrogen and oxygen atoms in total. The number of hydrogen-bond donors (Lipinski definition) is 0. The van der Waals surface area contributed by atoms with Crippen LogP contribution in [0.3, 0.4) is 0 Å². The minimum atomic E-state index is 0.423. The Hall–Kier alpha value is -2.10. The summed E-state index contributed by atoms with van der Waals surface area (Å²) in [5.41, 5.74) is 2.89. The summed E-state index contributed by atoms with van der Waals surface area (Å²) in [6, 6.07) is 6.18. The van der Waals surface area contributed by atoms with Crippen LogP contribution in [0.4, 0.5) is 0 Å². The van der Waals surface area contributed by atoms with Gasteiger partial charge in [-0.2, -0.15) is 9.97 Å². The Morgan fingerprint density at radius 1 is 1.22 bits per heavy atom. The largest absolute Gasteiger partial charge is 0.497 e. The number of nitrogens with zero attached hydrogens (tertiary/aromatic N) is 2. The molecule has 0 amide bonds. The summed E-state index contributed by atoms with van der Waals surface area (Å²) in [4.78, 5) is 8.82. The third-order valence-electron chi connectivity index (χ3n) is 2.76. The number of fused-ring (bicyclic) bond motifs is 1. The SMILES string of the molecule is CCOc1nc(C2=C[CH]2)c2cc(OC)ccc2n1. The maximum absolute atomic E-state index is 5.39. The van der Waals surface area contributed by atoms with E-state index in [1.807, 2.05) is 37.6 Å². The lowest BCUT2D eigenvalue weighted by Gasteiger charge is -2.08. The second-order valence-corrected chi connectivity index (χ2v) is 3.96. The number of rotatable bonds is 4. The maximum Gasteiger partial charge on any atom is 0.317 e.